The molecule has 27 heavy (non-hydrogen) atoms. The van der Waals surface area contributed by atoms with Crippen molar-refractivity contribution < 1.29 is 14.0 Å². The van der Waals surface area contributed by atoms with Crippen molar-refractivity contribution in [3.05, 3.63) is 65.5 Å². The maximum Gasteiger partial charge on any atom is 0.230 e. The van der Waals surface area contributed by atoms with Crippen molar-refractivity contribution in [3.63, 3.8) is 0 Å². The van der Waals surface area contributed by atoms with E-state index in [4.69, 9.17) is 0 Å². The van der Waals surface area contributed by atoms with E-state index in [0.29, 0.717) is 25.2 Å². The van der Waals surface area contributed by atoms with Gasteiger partial charge in [-0.3, -0.25) is 9.59 Å². The maximum atomic E-state index is 13.9. The molecule has 1 aliphatic carbocycles. The standard InChI is InChI=1S/C22H23FN2O2/c23-19-9-10-20-18(13-19)15-24(14-16-5-2-1-3-6-16)21(26)11-12-25(20)22(27)17-7-4-8-17/h1-3,5-6,9-10,13,17H,4,7-8,11-12,14-15H2. The van der Waals surface area contributed by atoms with Crippen LogP contribution in [0, 0.1) is 11.7 Å². The number of carbonyl (C=O) groups excluding carboxylic acids is 2. The van der Waals surface area contributed by atoms with Gasteiger partial charge in [-0.1, -0.05) is 36.8 Å². The number of fused-ring (bicyclic) bond motifs is 1. The predicted octanol–water partition coefficient (Wildman–Crippen LogP) is 3.89. The second kappa shape index (κ2) is 7.51. The van der Waals surface area contributed by atoms with E-state index < -0.39 is 0 Å². The molecule has 140 valence electrons. The molecule has 4 nitrogen and oxygen atoms in total. The van der Waals surface area contributed by atoms with Gasteiger partial charge in [0.2, 0.25) is 11.8 Å². The van der Waals surface area contributed by atoms with Crippen LogP contribution in [0.5, 0.6) is 0 Å². The molecular formula is C22H23FN2O2. The van der Waals surface area contributed by atoms with Crippen LogP contribution in [0.25, 0.3) is 0 Å². The third-order valence-corrected chi connectivity index (χ3v) is 5.53. The zero-order valence-corrected chi connectivity index (χ0v) is 15.2. The van der Waals surface area contributed by atoms with Crippen molar-refractivity contribution in [2.75, 3.05) is 11.4 Å². The Morgan fingerprint density at radius 2 is 1.89 bits per heavy atom. The molecule has 1 saturated carbocycles. The molecule has 0 unspecified atom stereocenters. The molecule has 0 bridgehead atoms. The zero-order chi connectivity index (χ0) is 18.8. The van der Waals surface area contributed by atoms with Crippen molar-refractivity contribution in [1.82, 2.24) is 4.90 Å². The normalized spacial score (nSPS) is 17.7. The number of carbonyl (C=O) groups is 2. The number of hydrogen-bond acceptors (Lipinski definition) is 2. The van der Waals surface area contributed by atoms with Crippen LogP contribution in [-0.2, 0) is 22.7 Å². The highest BCUT2D eigenvalue weighted by Gasteiger charge is 2.33. The molecule has 0 aromatic heterocycles. The first kappa shape index (κ1) is 17.7. The average Bonchev–Trinajstić information content (AvgIpc) is 2.61. The fraction of sp³-hybridized carbons (Fsp3) is 0.364. The summed E-state index contributed by atoms with van der Waals surface area (Å²) in [4.78, 5) is 29.1. The van der Waals surface area contributed by atoms with Gasteiger partial charge in [-0.05, 0) is 42.2 Å². The summed E-state index contributed by atoms with van der Waals surface area (Å²) >= 11 is 0. The second-order valence-electron chi connectivity index (χ2n) is 7.38. The van der Waals surface area contributed by atoms with Crippen molar-refractivity contribution in [1.29, 1.82) is 0 Å². The number of amides is 2. The second-order valence-corrected chi connectivity index (χ2v) is 7.38. The van der Waals surface area contributed by atoms with Crippen LogP contribution in [0.3, 0.4) is 0 Å². The van der Waals surface area contributed by atoms with Crippen molar-refractivity contribution in [2.45, 2.75) is 38.8 Å². The fourth-order valence-corrected chi connectivity index (χ4v) is 3.78. The van der Waals surface area contributed by atoms with Crippen molar-refractivity contribution in [2.24, 2.45) is 5.92 Å². The average molecular weight is 366 g/mol. The highest BCUT2D eigenvalue weighted by Crippen LogP contribution is 2.33. The van der Waals surface area contributed by atoms with Crippen LogP contribution in [0.4, 0.5) is 10.1 Å². The zero-order valence-electron chi connectivity index (χ0n) is 15.2. The van der Waals surface area contributed by atoms with E-state index >= 15 is 0 Å². The Bertz CT molecular complexity index is 849. The predicted molar refractivity (Wildman–Crippen MR) is 101 cm³/mol. The molecule has 2 aromatic carbocycles. The third-order valence-electron chi connectivity index (χ3n) is 5.53. The minimum Gasteiger partial charge on any atom is -0.334 e. The van der Waals surface area contributed by atoms with Crippen LogP contribution < -0.4 is 4.90 Å². The smallest absolute Gasteiger partial charge is 0.230 e. The van der Waals surface area contributed by atoms with Crippen LogP contribution >= 0.6 is 0 Å². The number of benzene rings is 2. The largest absolute Gasteiger partial charge is 0.334 e. The molecule has 5 heteroatoms. The molecule has 2 aliphatic rings. The van der Waals surface area contributed by atoms with E-state index in [2.05, 4.69) is 0 Å². The summed E-state index contributed by atoms with van der Waals surface area (Å²) in [5, 5.41) is 0. The molecule has 2 aromatic rings. The van der Waals surface area contributed by atoms with Gasteiger partial charge in [0.15, 0.2) is 0 Å². The Kier molecular flexibility index (Phi) is 4.92. The molecule has 1 aliphatic heterocycles. The first-order valence-corrected chi connectivity index (χ1v) is 9.53. The van der Waals surface area contributed by atoms with Crippen LogP contribution in [0.2, 0.25) is 0 Å². The molecule has 4 rings (SSSR count). The van der Waals surface area contributed by atoms with E-state index in [9.17, 15) is 14.0 Å². The number of hydrogen-bond donors (Lipinski definition) is 0. The molecule has 0 atom stereocenters. The van der Waals surface area contributed by atoms with Gasteiger partial charge in [-0.25, -0.2) is 4.39 Å². The van der Waals surface area contributed by atoms with Gasteiger partial charge in [0, 0.05) is 37.7 Å². The molecule has 0 radical (unpaired) electrons. The summed E-state index contributed by atoms with van der Waals surface area (Å²) in [5.74, 6) is -0.256. The van der Waals surface area contributed by atoms with Gasteiger partial charge < -0.3 is 9.80 Å². The van der Waals surface area contributed by atoms with Crippen molar-refractivity contribution >= 4 is 17.5 Å². The van der Waals surface area contributed by atoms with Crippen LogP contribution in [-0.4, -0.2) is 23.3 Å². The highest BCUT2D eigenvalue weighted by atomic mass is 19.1. The van der Waals surface area contributed by atoms with Crippen LogP contribution in [0.15, 0.2) is 48.5 Å². The number of nitrogens with zero attached hydrogens (tertiary/aromatic N) is 2. The molecule has 0 spiro atoms. The Morgan fingerprint density at radius 1 is 1.11 bits per heavy atom. The molecule has 1 heterocycles. The minimum absolute atomic E-state index is 0.0137. The van der Waals surface area contributed by atoms with E-state index in [1.807, 2.05) is 30.3 Å². The number of anilines is 1. The summed E-state index contributed by atoms with van der Waals surface area (Å²) < 4.78 is 13.9. The van der Waals surface area contributed by atoms with Crippen LogP contribution in [0.1, 0.15) is 36.8 Å². The van der Waals surface area contributed by atoms with Gasteiger partial charge in [0.25, 0.3) is 0 Å². The summed E-state index contributed by atoms with van der Waals surface area (Å²) in [6.07, 6.45) is 3.16. The SMILES string of the molecule is O=C1CCN(C(=O)C2CCC2)c2ccc(F)cc2CN1Cc1ccccc1. The molecule has 2 amide bonds. The van der Waals surface area contributed by atoms with E-state index in [0.717, 1.165) is 30.5 Å². The Balaban J connectivity index is 1.65. The quantitative estimate of drug-likeness (QED) is 0.827. The van der Waals surface area contributed by atoms with E-state index in [-0.39, 0.29) is 30.0 Å². The van der Waals surface area contributed by atoms with Gasteiger partial charge in [0.1, 0.15) is 5.82 Å². The van der Waals surface area contributed by atoms with Gasteiger partial charge in [0.05, 0.1) is 0 Å². The summed E-state index contributed by atoms with van der Waals surface area (Å²) in [6, 6.07) is 14.3. The highest BCUT2D eigenvalue weighted by molar-refractivity contribution is 5.97. The Hall–Kier alpha value is -2.69. The Labute approximate surface area is 158 Å². The lowest BCUT2D eigenvalue weighted by molar-refractivity contribution is -0.132. The summed E-state index contributed by atoms with van der Waals surface area (Å²) in [5.41, 5.74) is 2.46. The monoisotopic (exact) mass is 366 g/mol. The summed E-state index contributed by atoms with van der Waals surface area (Å²) in [7, 11) is 0. The molecule has 0 saturated heterocycles. The van der Waals surface area contributed by atoms with E-state index in [1.54, 1.807) is 15.9 Å². The minimum atomic E-state index is -0.350. The topological polar surface area (TPSA) is 40.6 Å². The van der Waals surface area contributed by atoms with Gasteiger partial charge in [-0.2, -0.15) is 0 Å². The lowest BCUT2D eigenvalue weighted by atomic mass is 9.84. The molecule has 1 fully saturated rings. The number of halogens is 1. The lowest BCUT2D eigenvalue weighted by Crippen LogP contribution is -2.44. The first-order valence-electron chi connectivity index (χ1n) is 9.53. The summed E-state index contributed by atoms with van der Waals surface area (Å²) in [6.45, 7) is 1.12. The lowest BCUT2D eigenvalue weighted by Gasteiger charge is -2.36. The first-order chi connectivity index (χ1) is 13.1. The Morgan fingerprint density at radius 3 is 2.59 bits per heavy atom. The number of rotatable bonds is 3. The molecule has 0 N–H and O–H groups in total. The fourth-order valence-electron chi connectivity index (χ4n) is 3.78. The maximum absolute atomic E-state index is 13.9. The van der Waals surface area contributed by atoms with Crippen molar-refractivity contribution in [3.8, 4) is 0 Å². The van der Waals surface area contributed by atoms with Gasteiger partial charge in [-0.15, -0.1) is 0 Å². The molecular weight excluding hydrogens is 343 g/mol. The third kappa shape index (κ3) is 3.72. The van der Waals surface area contributed by atoms with Gasteiger partial charge >= 0.3 is 0 Å². The van der Waals surface area contributed by atoms with E-state index in [1.165, 1.54) is 12.1 Å².